The van der Waals surface area contributed by atoms with Crippen LogP contribution >= 0.6 is 7.82 Å². The number of phosphoric acid groups is 1. The van der Waals surface area contributed by atoms with E-state index in [1.165, 1.54) is 109 Å². The Morgan fingerprint density at radius 2 is 0.932 bits per heavy atom. The SMILES string of the molecule is CCCCC/C=C\C/C=C\C/C=C\CCCCCCCCC(=O)OC(COCCCCCCCCCC/C=C\CCCCCCCC)COP(=O)(O)OCC(N)C(=O)O. The van der Waals surface area contributed by atoms with E-state index < -0.39 is 45.1 Å². The molecule has 0 fully saturated rings. The van der Waals surface area contributed by atoms with E-state index in [9.17, 15) is 19.0 Å². The van der Waals surface area contributed by atoms with Crippen LogP contribution in [0.3, 0.4) is 0 Å². The Kier molecular flexibility index (Phi) is 42.5. The molecule has 0 aromatic carbocycles. The van der Waals surface area contributed by atoms with E-state index in [4.69, 9.17) is 29.4 Å². The van der Waals surface area contributed by atoms with Gasteiger partial charge in [0.15, 0.2) is 0 Å². The summed E-state index contributed by atoms with van der Waals surface area (Å²) in [6.07, 6.45) is 51.6. The number of carbonyl (C=O) groups is 2. The first-order valence-corrected chi connectivity index (χ1v) is 25.2. The highest BCUT2D eigenvalue weighted by Crippen LogP contribution is 2.43. The van der Waals surface area contributed by atoms with Gasteiger partial charge in [0.05, 0.1) is 19.8 Å². The predicted octanol–water partition coefficient (Wildman–Crippen LogP) is 13.4. The third-order valence-electron chi connectivity index (χ3n) is 10.1. The molecule has 3 atom stereocenters. The van der Waals surface area contributed by atoms with E-state index in [-0.39, 0.29) is 13.0 Å². The number of phosphoric ester groups is 1. The number of nitrogens with two attached hydrogens (primary N) is 1. The maximum absolute atomic E-state index is 12.7. The van der Waals surface area contributed by atoms with Crippen LogP contribution in [0, 0.1) is 0 Å². The average molecular weight is 854 g/mol. The molecule has 0 saturated heterocycles. The van der Waals surface area contributed by atoms with Gasteiger partial charge in [-0.05, 0) is 77.0 Å². The summed E-state index contributed by atoms with van der Waals surface area (Å²) in [7, 11) is -4.62. The van der Waals surface area contributed by atoms with E-state index in [1.54, 1.807) is 0 Å². The molecule has 0 heterocycles. The highest BCUT2D eigenvalue weighted by Gasteiger charge is 2.27. The second-order valence-corrected chi connectivity index (χ2v) is 17.3. The molecule has 4 N–H and O–H groups in total. The van der Waals surface area contributed by atoms with Crippen molar-refractivity contribution in [3.63, 3.8) is 0 Å². The first-order chi connectivity index (χ1) is 28.7. The minimum Gasteiger partial charge on any atom is -0.480 e. The lowest BCUT2D eigenvalue weighted by molar-refractivity contribution is -0.154. The third-order valence-corrected chi connectivity index (χ3v) is 11.0. The predicted molar refractivity (Wildman–Crippen MR) is 244 cm³/mol. The number of unbranched alkanes of at least 4 members (excludes halogenated alkanes) is 23. The molecule has 59 heavy (non-hydrogen) atoms. The van der Waals surface area contributed by atoms with Crippen molar-refractivity contribution in [2.24, 2.45) is 5.73 Å². The molecule has 344 valence electrons. The molecule has 0 amide bonds. The van der Waals surface area contributed by atoms with Crippen molar-refractivity contribution in [3.05, 3.63) is 48.6 Å². The van der Waals surface area contributed by atoms with Gasteiger partial charge in [-0.1, -0.05) is 172 Å². The van der Waals surface area contributed by atoms with Gasteiger partial charge in [-0.25, -0.2) is 4.57 Å². The molecule has 3 unspecified atom stereocenters. The van der Waals surface area contributed by atoms with E-state index in [0.29, 0.717) is 13.0 Å². The van der Waals surface area contributed by atoms with Crippen molar-refractivity contribution >= 4 is 19.8 Å². The summed E-state index contributed by atoms with van der Waals surface area (Å²) in [5.41, 5.74) is 5.36. The van der Waals surface area contributed by atoms with Gasteiger partial charge in [0, 0.05) is 13.0 Å². The van der Waals surface area contributed by atoms with Crippen LogP contribution in [0.4, 0.5) is 0 Å². The number of carboxylic acids is 1. The van der Waals surface area contributed by atoms with Gasteiger partial charge in [0.25, 0.3) is 0 Å². The Morgan fingerprint density at radius 3 is 1.44 bits per heavy atom. The first-order valence-electron chi connectivity index (χ1n) is 23.7. The van der Waals surface area contributed by atoms with E-state index >= 15 is 0 Å². The minimum atomic E-state index is -4.62. The second-order valence-electron chi connectivity index (χ2n) is 15.9. The molecule has 0 aliphatic rings. The van der Waals surface area contributed by atoms with Crippen LogP contribution in [0.5, 0.6) is 0 Å². The maximum Gasteiger partial charge on any atom is 0.472 e. The monoisotopic (exact) mass is 854 g/mol. The topological polar surface area (TPSA) is 155 Å². The summed E-state index contributed by atoms with van der Waals surface area (Å²) in [5, 5.41) is 8.91. The Balaban J connectivity index is 4.23. The molecular weight excluding hydrogens is 766 g/mol. The maximum atomic E-state index is 12.7. The normalized spacial score (nSPS) is 14.2. The summed E-state index contributed by atoms with van der Waals surface area (Å²) in [6.45, 7) is 3.84. The van der Waals surface area contributed by atoms with E-state index in [2.05, 4.69) is 62.5 Å². The summed E-state index contributed by atoms with van der Waals surface area (Å²) in [6, 6.07) is -1.48. The number of rotatable bonds is 45. The van der Waals surface area contributed by atoms with E-state index in [0.717, 1.165) is 70.6 Å². The average Bonchev–Trinajstić information content (AvgIpc) is 3.21. The highest BCUT2D eigenvalue weighted by molar-refractivity contribution is 7.47. The summed E-state index contributed by atoms with van der Waals surface area (Å²) in [4.78, 5) is 33.6. The molecule has 0 saturated carbocycles. The Labute approximate surface area is 360 Å². The molecule has 0 radical (unpaired) electrons. The van der Waals surface area contributed by atoms with Gasteiger partial charge in [-0.15, -0.1) is 0 Å². The van der Waals surface area contributed by atoms with Gasteiger partial charge < -0.3 is 25.2 Å². The molecule has 0 spiro atoms. The lowest BCUT2D eigenvalue weighted by atomic mass is 10.1. The van der Waals surface area contributed by atoms with Crippen LogP contribution in [0.25, 0.3) is 0 Å². The smallest absolute Gasteiger partial charge is 0.472 e. The number of ether oxygens (including phenoxy) is 2. The zero-order chi connectivity index (χ0) is 43.3. The molecule has 0 rings (SSSR count). The third kappa shape index (κ3) is 43.8. The lowest BCUT2D eigenvalue weighted by Crippen LogP contribution is -2.34. The van der Waals surface area contributed by atoms with Crippen LogP contribution < -0.4 is 5.73 Å². The van der Waals surface area contributed by atoms with Crippen molar-refractivity contribution in [1.82, 2.24) is 0 Å². The molecule has 0 bridgehead atoms. The van der Waals surface area contributed by atoms with Crippen molar-refractivity contribution in [2.75, 3.05) is 26.4 Å². The molecular formula is C48H88NO9P. The van der Waals surface area contributed by atoms with Crippen LogP contribution in [-0.2, 0) is 32.7 Å². The highest BCUT2D eigenvalue weighted by atomic mass is 31.2. The zero-order valence-corrected chi connectivity index (χ0v) is 38.5. The second kappa shape index (κ2) is 44.0. The number of hydrogen-bond donors (Lipinski definition) is 3. The van der Waals surface area contributed by atoms with Crippen LogP contribution in [-0.4, -0.2) is 60.5 Å². The van der Waals surface area contributed by atoms with Gasteiger partial charge in [0.2, 0.25) is 0 Å². The molecule has 10 nitrogen and oxygen atoms in total. The molecule has 0 aliphatic carbocycles. The fourth-order valence-corrected chi connectivity index (χ4v) is 7.15. The lowest BCUT2D eigenvalue weighted by Gasteiger charge is -2.20. The fraction of sp³-hybridized carbons (Fsp3) is 0.792. The first kappa shape index (κ1) is 56.9. The summed E-state index contributed by atoms with van der Waals surface area (Å²) in [5.74, 6) is -1.79. The minimum absolute atomic E-state index is 0.00898. The standard InChI is InChI=1S/C48H88NO9P/c1-3-5-7-9-11-13-15-17-19-21-23-24-26-28-30-32-34-36-38-40-47(50)58-45(43-56-59(53,54)57-44-46(49)48(51)52)42-55-41-39-37-35-33-31-29-27-25-22-20-18-16-14-12-10-8-6-4-2/h11,13,17-20,23-24,45-46H,3-10,12,14-16,21-22,25-44,49H2,1-2H3,(H,51,52)(H,53,54)/b13-11-,19-17-,20-18-,24-23-. The van der Waals surface area contributed by atoms with Gasteiger partial charge in [-0.2, -0.15) is 0 Å². The summed E-state index contributed by atoms with van der Waals surface area (Å²) < 4.78 is 33.4. The number of allylic oxidation sites excluding steroid dienone is 8. The fourth-order valence-electron chi connectivity index (χ4n) is 6.37. The summed E-state index contributed by atoms with van der Waals surface area (Å²) >= 11 is 0. The van der Waals surface area contributed by atoms with Crippen molar-refractivity contribution in [1.29, 1.82) is 0 Å². The van der Waals surface area contributed by atoms with Gasteiger partial charge >= 0.3 is 19.8 Å². The number of esters is 1. The number of carboxylic acid groups (broad SMARTS) is 1. The van der Waals surface area contributed by atoms with Gasteiger partial charge in [0.1, 0.15) is 12.1 Å². The number of carbonyl (C=O) groups excluding carboxylic acids is 1. The largest absolute Gasteiger partial charge is 0.480 e. The van der Waals surface area contributed by atoms with Gasteiger partial charge in [-0.3, -0.25) is 18.6 Å². The molecule has 0 aromatic rings. The van der Waals surface area contributed by atoms with Crippen LogP contribution in [0.2, 0.25) is 0 Å². The van der Waals surface area contributed by atoms with Crippen LogP contribution in [0.1, 0.15) is 206 Å². The van der Waals surface area contributed by atoms with Crippen molar-refractivity contribution in [2.45, 2.75) is 219 Å². The Bertz CT molecular complexity index is 1130. The van der Waals surface area contributed by atoms with Crippen molar-refractivity contribution in [3.8, 4) is 0 Å². The number of aliphatic carboxylic acids is 1. The van der Waals surface area contributed by atoms with Crippen LogP contribution in [0.15, 0.2) is 48.6 Å². The molecule has 0 aromatic heterocycles. The zero-order valence-electron chi connectivity index (χ0n) is 37.6. The Hall–Kier alpha value is -2.07. The molecule has 0 aliphatic heterocycles. The van der Waals surface area contributed by atoms with E-state index in [1.807, 2.05) is 0 Å². The number of hydrogen-bond acceptors (Lipinski definition) is 8. The van der Waals surface area contributed by atoms with Crippen molar-refractivity contribution < 1.29 is 42.7 Å². The Morgan fingerprint density at radius 1 is 0.542 bits per heavy atom. The quantitative estimate of drug-likeness (QED) is 0.0233. The molecule has 11 heteroatoms.